The molecular formula is C12H24N2O4. The average molecular weight is 260 g/mol. The van der Waals surface area contributed by atoms with Crippen molar-refractivity contribution in [2.75, 3.05) is 26.3 Å². The van der Waals surface area contributed by atoms with Crippen LogP contribution in [0.4, 0.5) is 4.79 Å². The predicted molar refractivity (Wildman–Crippen MR) is 68.5 cm³/mol. The van der Waals surface area contributed by atoms with E-state index >= 15 is 0 Å². The third kappa shape index (κ3) is 8.81. The van der Waals surface area contributed by atoms with Crippen molar-refractivity contribution in [2.45, 2.75) is 27.2 Å². The molecule has 0 aliphatic heterocycles. The molecule has 0 bridgehead atoms. The first-order valence-electron chi connectivity index (χ1n) is 6.29. The molecule has 0 radical (unpaired) electrons. The van der Waals surface area contributed by atoms with Crippen molar-refractivity contribution in [3.8, 4) is 0 Å². The van der Waals surface area contributed by atoms with Crippen molar-refractivity contribution >= 4 is 12.0 Å². The van der Waals surface area contributed by atoms with Crippen molar-refractivity contribution in [1.29, 1.82) is 0 Å². The van der Waals surface area contributed by atoms with Crippen LogP contribution in [0.1, 0.15) is 27.2 Å². The molecule has 106 valence electrons. The van der Waals surface area contributed by atoms with Crippen LogP contribution < -0.4 is 10.6 Å². The summed E-state index contributed by atoms with van der Waals surface area (Å²) in [5.74, 6) is -0.953. The smallest absolute Gasteiger partial charge is 0.314 e. The lowest BCUT2D eigenvalue weighted by Gasteiger charge is -2.12. The number of hydrogen-bond acceptors (Lipinski definition) is 3. The fourth-order valence-corrected chi connectivity index (χ4v) is 1.24. The van der Waals surface area contributed by atoms with E-state index in [0.29, 0.717) is 32.1 Å². The lowest BCUT2D eigenvalue weighted by atomic mass is 10.1. The zero-order valence-corrected chi connectivity index (χ0v) is 11.4. The van der Waals surface area contributed by atoms with Gasteiger partial charge in [0.1, 0.15) is 0 Å². The summed E-state index contributed by atoms with van der Waals surface area (Å²) in [7, 11) is 0. The van der Waals surface area contributed by atoms with Crippen LogP contribution in [0.2, 0.25) is 0 Å². The summed E-state index contributed by atoms with van der Waals surface area (Å²) in [6, 6.07) is -0.358. The fourth-order valence-electron chi connectivity index (χ4n) is 1.24. The van der Waals surface area contributed by atoms with E-state index < -0.39 is 11.9 Å². The Morgan fingerprint density at radius 1 is 1.28 bits per heavy atom. The van der Waals surface area contributed by atoms with Gasteiger partial charge in [-0.25, -0.2) is 4.79 Å². The van der Waals surface area contributed by atoms with E-state index in [9.17, 15) is 9.59 Å². The summed E-state index contributed by atoms with van der Waals surface area (Å²) in [5.41, 5.74) is 0. The maximum absolute atomic E-state index is 11.3. The van der Waals surface area contributed by atoms with Crippen molar-refractivity contribution in [3.05, 3.63) is 0 Å². The van der Waals surface area contributed by atoms with Gasteiger partial charge in [-0.3, -0.25) is 4.79 Å². The number of hydrogen-bond donors (Lipinski definition) is 3. The largest absolute Gasteiger partial charge is 0.481 e. The molecule has 0 aromatic heterocycles. The molecule has 0 aliphatic carbocycles. The van der Waals surface area contributed by atoms with Crippen LogP contribution in [-0.2, 0) is 9.53 Å². The molecule has 0 aromatic rings. The Kier molecular flexibility index (Phi) is 9.00. The highest BCUT2D eigenvalue weighted by molar-refractivity contribution is 5.75. The topological polar surface area (TPSA) is 87.7 Å². The Labute approximate surface area is 108 Å². The summed E-state index contributed by atoms with van der Waals surface area (Å²) in [6.07, 6.45) is 0.493. The van der Waals surface area contributed by atoms with Crippen molar-refractivity contribution in [3.63, 3.8) is 0 Å². The molecule has 0 rings (SSSR count). The summed E-state index contributed by atoms with van der Waals surface area (Å²) < 4.78 is 5.29. The standard InChI is InChI=1S/C12H24N2O4/c1-4-10(11(15)16)7-14-12(17)13-5-6-18-8-9(2)3/h9-10H,4-8H2,1-3H3,(H,15,16)(H2,13,14,17). The number of ether oxygens (including phenoxy) is 1. The second-order valence-corrected chi connectivity index (χ2v) is 4.55. The van der Waals surface area contributed by atoms with E-state index in [0.717, 1.165) is 0 Å². The summed E-state index contributed by atoms with van der Waals surface area (Å²) in [5, 5.41) is 13.9. The van der Waals surface area contributed by atoms with Gasteiger partial charge < -0.3 is 20.5 Å². The lowest BCUT2D eigenvalue weighted by molar-refractivity contribution is -0.141. The van der Waals surface area contributed by atoms with E-state index in [1.807, 2.05) is 0 Å². The molecule has 6 nitrogen and oxygen atoms in total. The molecule has 18 heavy (non-hydrogen) atoms. The Morgan fingerprint density at radius 3 is 2.44 bits per heavy atom. The highest BCUT2D eigenvalue weighted by Gasteiger charge is 2.15. The molecule has 0 aliphatic rings. The number of carboxylic acids is 1. The predicted octanol–water partition coefficient (Wildman–Crippen LogP) is 1.07. The van der Waals surface area contributed by atoms with E-state index in [4.69, 9.17) is 9.84 Å². The van der Waals surface area contributed by atoms with Gasteiger partial charge >= 0.3 is 12.0 Å². The van der Waals surface area contributed by atoms with Crippen LogP contribution in [0.5, 0.6) is 0 Å². The molecule has 0 saturated carbocycles. The van der Waals surface area contributed by atoms with Gasteiger partial charge in [-0.1, -0.05) is 20.8 Å². The first-order chi connectivity index (χ1) is 8.47. The number of urea groups is 1. The molecule has 0 saturated heterocycles. The van der Waals surface area contributed by atoms with Gasteiger partial charge in [0.05, 0.1) is 12.5 Å². The average Bonchev–Trinajstić information content (AvgIpc) is 2.28. The number of aliphatic carboxylic acids is 1. The van der Waals surface area contributed by atoms with Crippen LogP contribution in [-0.4, -0.2) is 43.4 Å². The van der Waals surface area contributed by atoms with E-state index in [1.165, 1.54) is 0 Å². The van der Waals surface area contributed by atoms with E-state index in [2.05, 4.69) is 24.5 Å². The highest BCUT2D eigenvalue weighted by atomic mass is 16.5. The minimum atomic E-state index is -0.891. The molecule has 6 heteroatoms. The van der Waals surface area contributed by atoms with Gasteiger partial charge in [0.2, 0.25) is 0 Å². The molecule has 0 heterocycles. The first kappa shape index (κ1) is 16.7. The van der Waals surface area contributed by atoms with Crippen LogP contribution in [0.25, 0.3) is 0 Å². The van der Waals surface area contributed by atoms with E-state index in [1.54, 1.807) is 6.92 Å². The van der Waals surface area contributed by atoms with Gasteiger partial charge in [0, 0.05) is 19.7 Å². The third-order valence-corrected chi connectivity index (χ3v) is 2.33. The van der Waals surface area contributed by atoms with Crippen molar-refractivity contribution < 1.29 is 19.4 Å². The van der Waals surface area contributed by atoms with Gasteiger partial charge in [0.15, 0.2) is 0 Å². The van der Waals surface area contributed by atoms with Gasteiger partial charge in [-0.05, 0) is 12.3 Å². The maximum Gasteiger partial charge on any atom is 0.314 e. The second kappa shape index (κ2) is 9.70. The minimum Gasteiger partial charge on any atom is -0.481 e. The van der Waals surface area contributed by atoms with Crippen molar-refractivity contribution in [1.82, 2.24) is 10.6 Å². The second-order valence-electron chi connectivity index (χ2n) is 4.55. The Bertz CT molecular complexity index is 256. The summed E-state index contributed by atoms with van der Waals surface area (Å²) in [6.45, 7) is 7.57. The van der Waals surface area contributed by atoms with Crippen LogP contribution in [0, 0.1) is 11.8 Å². The summed E-state index contributed by atoms with van der Waals surface area (Å²) in [4.78, 5) is 22.0. The van der Waals surface area contributed by atoms with E-state index in [-0.39, 0.29) is 12.6 Å². The number of amides is 2. The van der Waals surface area contributed by atoms with Gasteiger partial charge in [0.25, 0.3) is 0 Å². The van der Waals surface area contributed by atoms with Gasteiger partial charge in [-0.2, -0.15) is 0 Å². The normalized spacial score (nSPS) is 12.2. The zero-order chi connectivity index (χ0) is 14.0. The number of rotatable bonds is 9. The van der Waals surface area contributed by atoms with Crippen LogP contribution in [0.15, 0.2) is 0 Å². The zero-order valence-electron chi connectivity index (χ0n) is 11.4. The maximum atomic E-state index is 11.3. The quantitative estimate of drug-likeness (QED) is 0.541. The monoisotopic (exact) mass is 260 g/mol. The summed E-state index contributed by atoms with van der Waals surface area (Å²) >= 11 is 0. The number of carbonyl (C=O) groups excluding carboxylic acids is 1. The SMILES string of the molecule is CCC(CNC(=O)NCCOCC(C)C)C(=O)O. The Hall–Kier alpha value is -1.30. The number of carboxylic acid groups (broad SMARTS) is 1. The Morgan fingerprint density at radius 2 is 1.94 bits per heavy atom. The van der Waals surface area contributed by atoms with Gasteiger partial charge in [-0.15, -0.1) is 0 Å². The fraction of sp³-hybridized carbons (Fsp3) is 0.833. The molecule has 0 spiro atoms. The molecule has 3 N–H and O–H groups in total. The molecule has 1 atom stereocenters. The lowest BCUT2D eigenvalue weighted by Crippen LogP contribution is -2.41. The highest BCUT2D eigenvalue weighted by Crippen LogP contribution is 1.99. The molecule has 2 amide bonds. The molecular weight excluding hydrogens is 236 g/mol. The number of nitrogens with one attached hydrogen (secondary N) is 2. The Balaban J connectivity index is 3.56. The van der Waals surface area contributed by atoms with Crippen molar-refractivity contribution in [2.24, 2.45) is 11.8 Å². The minimum absolute atomic E-state index is 0.143. The van der Waals surface area contributed by atoms with Crippen LogP contribution in [0.3, 0.4) is 0 Å². The number of carbonyl (C=O) groups is 2. The molecule has 0 aromatic carbocycles. The van der Waals surface area contributed by atoms with Crippen LogP contribution >= 0.6 is 0 Å². The molecule has 1 unspecified atom stereocenters. The molecule has 0 fully saturated rings. The third-order valence-electron chi connectivity index (χ3n) is 2.33. The first-order valence-corrected chi connectivity index (χ1v) is 6.29.